The van der Waals surface area contributed by atoms with Crippen LogP contribution in [0.1, 0.15) is 75.4 Å². The molecule has 9 heteroatoms. The summed E-state index contributed by atoms with van der Waals surface area (Å²) in [5.74, 6) is 1.30. The predicted molar refractivity (Wildman–Crippen MR) is 139 cm³/mol. The largest absolute Gasteiger partial charge is 0.493 e. The molecule has 0 saturated heterocycles. The molecule has 0 unspecified atom stereocenters. The summed E-state index contributed by atoms with van der Waals surface area (Å²) in [4.78, 5) is 13.4. The third-order valence-electron chi connectivity index (χ3n) is 6.14. The van der Waals surface area contributed by atoms with Crippen molar-refractivity contribution in [3.63, 3.8) is 0 Å². The van der Waals surface area contributed by atoms with E-state index < -0.39 is 0 Å². The van der Waals surface area contributed by atoms with Gasteiger partial charge in [-0.05, 0) is 48.9 Å². The van der Waals surface area contributed by atoms with E-state index in [1.807, 2.05) is 25.1 Å². The second-order valence-electron chi connectivity index (χ2n) is 10.1. The van der Waals surface area contributed by atoms with Gasteiger partial charge in [-0.1, -0.05) is 49.3 Å². The third kappa shape index (κ3) is 6.51. The first-order chi connectivity index (χ1) is 17.1. The quantitative estimate of drug-likeness (QED) is 0.228. The number of aromatic nitrogens is 4. The molecule has 0 aliphatic carbocycles. The van der Waals surface area contributed by atoms with Crippen LogP contribution in [-0.4, -0.2) is 46.9 Å². The number of methoxy groups -OCH3 is 1. The van der Waals surface area contributed by atoms with Crippen molar-refractivity contribution >= 4 is 17.4 Å². The van der Waals surface area contributed by atoms with E-state index >= 15 is 0 Å². The summed E-state index contributed by atoms with van der Waals surface area (Å²) in [6, 6.07) is 7.54. The fraction of sp³-hybridized carbons (Fsp3) is 0.556. The van der Waals surface area contributed by atoms with Gasteiger partial charge in [-0.15, -0.1) is 4.68 Å². The summed E-state index contributed by atoms with van der Waals surface area (Å²) in [5.41, 5.74) is 9.25. The Morgan fingerprint density at radius 3 is 2.50 bits per heavy atom. The van der Waals surface area contributed by atoms with Crippen molar-refractivity contribution in [1.82, 2.24) is 14.7 Å². The average Bonchev–Trinajstić information content (AvgIpc) is 3.15. The summed E-state index contributed by atoms with van der Waals surface area (Å²) in [7, 11) is 1.66. The Morgan fingerprint density at radius 2 is 1.86 bits per heavy atom. The Hall–Kier alpha value is -3.20. The van der Waals surface area contributed by atoms with Crippen LogP contribution in [-0.2, 0) is 16.7 Å². The fourth-order valence-corrected chi connectivity index (χ4v) is 3.84. The SMILES string of the molecule is CCC(CC)Oc1cc(C)c2n[n+](CC(=O)c3cc(OCCCOC)cc(C(C)(C)C)c3)c(N)n2n1. The number of aryl methyl sites for hydroxylation is 1. The first kappa shape index (κ1) is 27.4. The molecular formula is C27H40N5O4+. The van der Waals surface area contributed by atoms with Gasteiger partial charge >= 0.3 is 5.95 Å². The van der Waals surface area contributed by atoms with Crippen molar-refractivity contribution in [2.75, 3.05) is 26.1 Å². The van der Waals surface area contributed by atoms with E-state index in [1.165, 1.54) is 9.20 Å². The Kier molecular flexibility index (Phi) is 8.89. The summed E-state index contributed by atoms with van der Waals surface area (Å²) in [6.07, 6.45) is 2.61. The van der Waals surface area contributed by atoms with Gasteiger partial charge in [-0.2, -0.15) is 0 Å². The first-order valence-corrected chi connectivity index (χ1v) is 12.6. The molecule has 2 heterocycles. The lowest BCUT2D eigenvalue weighted by molar-refractivity contribution is -0.723. The number of rotatable bonds is 12. The molecule has 0 aliphatic heterocycles. The molecule has 36 heavy (non-hydrogen) atoms. The van der Waals surface area contributed by atoms with Crippen molar-refractivity contribution < 1.29 is 23.7 Å². The summed E-state index contributed by atoms with van der Waals surface area (Å²) < 4.78 is 20.1. The van der Waals surface area contributed by atoms with Gasteiger partial charge in [-0.3, -0.25) is 10.5 Å². The minimum atomic E-state index is -0.150. The van der Waals surface area contributed by atoms with Gasteiger partial charge in [0, 0.05) is 37.3 Å². The zero-order chi connectivity index (χ0) is 26.5. The molecule has 3 aromatic rings. The number of nitrogens with two attached hydrogens (primary N) is 1. The Morgan fingerprint density at radius 1 is 1.14 bits per heavy atom. The van der Waals surface area contributed by atoms with Crippen molar-refractivity contribution in [2.45, 2.75) is 78.9 Å². The molecule has 0 bridgehead atoms. The number of hydrogen-bond acceptors (Lipinski definition) is 7. The number of nitrogens with zero attached hydrogens (tertiary/aromatic N) is 4. The van der Waals surface area contributed by atoms with Gasteiger partial charge in [0.2, 0.25) is 5.88 Å². The second-order valence-corrected chi connectivity index (χ2v) is 10.1. The van der Waals surface area contributed by atoms with Gasteiger partial charge in [0.15, 0.2) is 12.3 Å². The number of carbonyl (C=O) groups is 1. The molecule has 3 rings (SSSR count). The van der Waals surface area contributed by atoms with Gasteiger partial charge in [-0.25, -0.2) is 0 Å². The van der Waals surface area contributed by atoms with Gasteiger partial charge < -0.3 is 14.2 Å². The molecule has 0 radical (unpaired) electrons. The smallest absolute Gasteiger partial charge is 0.401 e. The Labute approximate surface area is 213 Å². The highest BCUT2D eigenvalue weighted by atomic mass is 16.5. The number of anilines is 1. The predicted octanol–water partition coefficient (Wildman–Crippen LogP) is 4.07. The van der Waals surface area contributed by atoms with Crippen LogP contribution in [0.25, 0.3) is 5.65 Å². The number of Topliss-reactive ketones (excluding diaryl/α,β-unsaturated/α-hetero) is 1. The molecule has 196 valence electrons. The minimum Gasteiger partial charge on any atom is -0.493 e. The molecule has 0 saturated carbocycles. The lowest BCUT2D eigenvalue weighted by Gasteiger charge is -2.21. The van der Waals surface area contributed by atoms with Gasteiger partial charge in [0.1, 0.15) is 11.9 Å². The molecule has 9 nitrogen and oxygen atoms in total. The molecule has 0 atom stereocenters. The maximum absolute atomic E-state index is 13.4. The Bertz CT molecular complexity index is 1200. The summed E-state index contributed by atoms with van der Waals surface area (Å²) in [6.45, 7) is 13.5. The standard InChI is InChI=1S/C27H39N5O4/c1-8-21(9-2)36-24-13-18(3)25-30-31(26(28)32(25)29-24)17-23(33)19-14-20(27(4,5)6)16-22(15-19)35-12-10-11-34-7/h13-16,21,28H,8-12,17H2,1-7H3/p+1. The lowest BCUT2D eigenvalue weighted by Crippen LogP contribution is -2.42. The Balaban J connectivity index is 1.89. The van der Waals surface area contributed by atoms with E-state index in [0.29, 0.717) is 36.1 Å². The number of hydrogen-bond donors (Lipinski definition) is 1. The summed E-state index contributed by atoms with van der Waals surface area (Å²) in [5, 5.41) is 9.10. The van der Waals surface area contributed by atoms with Crippen molar-refractivity contribution in [3.05, 3.63) is 41.0 Å². The van der Waals surface area contributed by atoms with Crippen LogP contribution in [0.15, 0.2) is 24.3 Å². The van der Waals surface area contributed by atoms with Crippen LogP contribution in [0, 0.1) is 6.92 Å². The van der Waals surface area contributed by atoms with Crippen LogP contribution in [0.4, 0.5) is 5.95 Å². The highest BCUT2D eigenvalue weighted by Crippen LogP contribution is 2.28. The molecule has 1 aromatic carbocycles. The third-order valence-corrected chi connectivity index (χ3v) is 6.14. The van der Waals surface area contributed by atoms with Crippen LogP contribution in [0.5, 0.6) is 11.6 Å². The van der Waals surface area contributed by atoms with E-state index in [2.05, 4.69) is 44.8 Å². The van der Waals surface area contributed by atoms with Crippen LogP contribution in [0.2, 0.25) is 0 Å². The van der Waals surface area contributed by atoms with Crippen molar-refractivity contribution in [2.24, 2.45) is 0 Å². The number of ether oxygens (including phenoxy) is 3. The van der Waals surface area contributed by atoms with Crippen molar-refractivity contribution in [1.29, 1.82) is 0 Å². The monoisotopic (exact) mass is 498 g/mol. The minimum absolute atomic E-state index is 0.0198. The van der Waals surface area contributed by atoms with E-state index in [-0.39, 0.29) is 29.8 Å². The average molecular weight is 499 g/mol. The highest BCUT2D eigenvalue weighted by molar-refractivity contribution is 5.95. The highest BCUT2D eigenvalue weighted by Gasteiger charge is 2.25. The fourth-order valence-electron chi connectivity index (χ4n) is 3.84. The maximum Gasteiger partial charge on any atom is 0.401 e. The topological polar surface area (TPSA) is 105 Å². The van der Waals surface area contributed by atoms with Crippen LogP contribution in [0.3, 0.4) is 0 Å². The molecule has 0 fully saturated rings. The molecule has 2 aromatic heterocycles. The zero-order valence-electron chi connectivity index (χ0n) is 22.6. The second kappa shape index (κ2) is 11.7. The van der Waals surface area contributed by atoms with Crippen molar-refractivity contribution in [3.8, 4) is 11.6 Å². The number of nitrogen functional groups attached to an aromatic ring is 1. The molecule has 0 spiro atoms. The van der Waals surface area contributed by atoms with Crippen LogP contribution >= 0.6 is 0 Å². The number of fused-ring (bicyclic) bond motifs is 1. The number of ketones is 1. The van der Waals surface area contributed by atoms with Gasteiger partial charge in [0.25, 0.3) is 5.65 Å². The number of carbonyl (C=O) groups excluding carboxylic acids is 1. The molecule has 2 N–H and O–H groups in total. The zero-order valence-corrected chi connectivity index (χ0v) is 22.6. The normalized spacial score (nSPS) is 11.9. The molecule has 0 aliphatic rings. The maximum atomic E-state index is 13.4. The van der Waals surface area contributed by atoms with E-state index in [0.717, 1.165) is 30.4 Å². The van der Waals surface area contributed by atoms with E-state index in [4.69, 9.17) is 19.9 Å². The first-order valence-electron chi connectivity index (χ1n) is 12.6. The van der Waals surface area contributed by atoms with Gasteiger partial charge in [0.05, 0.1) is 6.61 Å². The summed E-state index contributed by atoms with van der Waals surface area (Å²) >= 11 is 0. The number of benzene rings is 1. The molecular weight excluding hydrogens is 458 g/mol. The van der Waals surface area contributed by atoms with Crippen LogP contribution < -0.4 is 19.9 Å². The molecule has 0 amide bonds. The lowest BCUT2D eigenvalue weighted by atomic mass is 9.85. The van der Waals surface area contributed by atoms with E-state index in [1.54, 1.807) is 13.2 Å². The van der Waals surface area contributed by atoms with E-state index in [9.17, 15) is 4.79 Å².